The van der Waals surface area contributed by atoms with Crippen LogP contribution < -0.4 is 0 Å². The fourth-order valence-electron chi connectivity index (χ4n) is 7.30. The number of benzene rings is 4. The number of nitrogens with zero attached hydrogens (tertiary/aromatic N) is 2. The Morgan fingerprint density at radius 2 is 0.980 bits per heavy atom. The van der Waals surface area contributed by atoms with E-state index in [1.54, 1.807) is 0 Å². The monoisotopic (exact) mass is 683 g/mol. The van der Waals surface area contributed by atoms with E-state index in [2.05, 4.69) is 126 Å². The van der Waals surface area contributed by atoms with Crippen LogP contribution in [-0.2, 0) is 19.3 Å². The van der Waals surface area contributed by atoms with Crippen molar-refractivity contribution in [3.63, 3.8) is 0 Å². The summed E-state index contributed by atoms with van der Waals surface area (Å²) in [7, 11) is 0. The van der Waals surface area contributed by atoms with E-state index in [0.717, 1.165) is 48.5 Å². The lowest BCUT2D eigenvalue weighted by Crippen LogP contribution is -2.09. The van der Waals surface area contributed by atoms with Crippen LogP contribution in [0.5, 0.6) is 0 Å². The fraction of sp³-hybridized carbons (Fsp3) is 0.469. The van der Waals surface area contributed by atoms with Crippen LogP contribution in [0.4, 0.5) is 11.4 Å². The average molecular weight is 683 g/mol. The zero-order valence-corrected chi connectivity index (χ0v) is 32.8. The van der Waals surface area contributed by atoms with Gasteiger partial charge in [0.2, 0.25) is 0 Å². The van der Waals surface area contributed by atoms with Gasteiger partial charge in [0.25, 0.3) is 0 Å². The Labute approximate surface area is 312 Å². The van der Waals surface area contributed by atoms with Gasteiger partial charge in [0.05, 0.1) is 22.8 Å². The molecule has 0 aliphatic carbocycles. The Bertz CT molecular complexity index is 1630. The average Bonchev–Trinajstić information content (AvgIpc) is 3.16. The van der Waals surface area contributed by atoms with Crippen LogP contribution in [0.15, 0.2) is 101 Å². The van der Waals surface area contributed by atoms with Crippen molar-refractivity contribution in [2.24, 2.45) is 9.98 Å². The maximum Gasteiger partial charge on any atom is 0.0642 e. The molecule has 0 aliphatic rings. The molecule has 0 spiro atoms. The van der Waals surface area contributed by atoms with Crippen molar-refractivity contribution in [1.82, 2.24) is 0 Å². The highest BCUT2D eigenvalue weighted by Gasteiger charge is 2.14. The maximum atomic E-state index is 5.36. The van der Waals surface area contributed by atoms with Gasteiger partial charge in [-0.3, -0.25) is 9.98 Å². The van der Waals surface area contributed by atoms with Crippen molar-refractivity contribution in [3.05, 3.63) is 108 Å². The summed E-state index contributed by atoms with van der Waals surface area (Å²) in [6.45, 7) is 11.2. The SMILES string of the molecule is CCCCCCCCc1cc(N=C(C)C(CC)=Nc2cc(CCCC)c(CCCCCCCC)c(-c3ccccc3)c2)ccc1-c1ccccc1. The van der Waals surface area contributed by atoms with Crippen molar-refractivity contribution in [2.75, 3.05) is 0 Å². The zero-order chi connectivity index (χ0) is 36.1. The van der Waals surface area contributed by atoms with Gasteiger partial charge in [-0.05, 0) is 115 Å². The van der Waals surface area contributed by atoms with Crippen LogP contribution in [0, 0.1) is 0 Å². The number of hydrogen-bond acceptors (Lipinski definition) is 2. The predicted octanol–water partition coefficient (Wildman–Crippen LogP) is 15.4. The van der Waals surface area contributed by atoms with Gasteiger partial charge in [0.1, 0.15) is 0 Å². The molecular formula is C49H66N2. The van der Waals surface area contributed by atoms with E-state index in [1.807, 2.05) is 0 Å². The molecule has 4 aromatic rings. The lowest BCUT2D eigenvalue weighted by Gasteiger charge is -2.18. The highest BCUT2D eigenvalue weighted by molar-refractivity contribution is 6.42. The molecule has 2 nitrogen and oxygen atoms in total. The van der Waals surface area contributed by atoms with E-state index in [-0.39, 0.29) is 0 Å². The van der Waals surface area contributed by atoms with Crippen LogP contribution in [0.25, 0.3) is 22.3 Å². The first-order valence-electron chi connectivity index (χ1n) is 20.6. The molecule has 4 rings (SSSR count). The second kappa shape index (κ2) is 22.9. The summed E-state index contributed by atoms with van der Waals surface area (Å²) in [5.74, 6) is 0. The molecule has 0 aliphatic heterocycles. The van der Waals surface area contributed by atoms with Gasteiger partial charge in [0.15, 0.2) is 0 Å². The molecule has 51 heavy (non-hydrogen) atoms. The molecule has 0 heterocycles. The molecule has 0 fully saturated rings. The summed E-state index contributed by atoms with van der Waals surface area (Å²) in [5.41, 5.74) is 13.8. The normalized spacial score (nSPS) is 12.1. The molecular weight excluding hydrogens is 617 g/mol. The quantitative estimate of drug-likeness (QED) is 0.0549. The Hall–Kier alpha value is -3.78. The van der Waals surface area contributed by atoms with E-state index >= 15 is 0 Å². The Kier molecular flexibility index (Phi) is 18.0. The Morgan fingerprint density at radius 1 is 0.451 bits per heavy atom. The summed E-state index contributed by atoms with van der Waals surface area (Å²) in [6, 6.07) is 33.4. The molecule has 2 heteroatoms. The van der Waals surface area contributed by atoms with Crippen molar-refractivity contribution in [3.8, 4) is 22.3 Å². The van der Waals surface area contributed by atoms with Crippen LogP contribution in [0.1, 0.15) is 148 Å². The van der Waals surface area contributed by atoms with Crippen LogP contribution >= 0.6 is 0 Å². The summed E-state index contributed by atoms with van der Waals surface area (Å²) >= 11 is 0. The van der Waals surface area contributed by atoms with Gasteiger partial charge >= 0.3 is 0 Å². The molecule has 0 radical (unpaired) electrons. The molecule has 0 unspecified atom stereocenters. The first kappa shape index (κ1) is 40.0. The zero-order valence-electron chi connectivity index (χ0n) is 32.8. The summed E-state index contributed by atoms with van der Waals surface area (Å²) in [4.78, 5) is 10.6. The minimum Gasteiger partial charge on any atom is -0.252 e. The van der Waals surface area contributed by atoms with E-state index in [1.165, 1.54) is 129 Å². The predicted molar refractivity (Wildman–Crippen MR) is 227 cm³/mol. The molecule has 0 saturated carbocycles. The van der Waals surface area contributed by atoms with Gasteiger partial charge in [-0.1, -0.05) is 165 Å². The van der Waals surface area contributed by atoms with E-state index < -0.39 is 0 Å². The molecule has 272 valence electrons. The number of aliphatic imine (C=N–C) groups is 2. The smallest absolute Gasteiger partial charge is 0.0642 e. The summed E-state index contributed by atoms with van der Waals surface area (Å²) < 4.78 is 0. The number of unbranched alkanes of at least 4 members (excludes halogenated alkanes) is 11. The second-order valence-electron chi connectivity index (χ2n) is 14.5. The molecule has 0 saturated heterocycles. The largest absolute Gasteiger partial charge is 0.252 e. The molecule has 0 N–H and O–H groups in total. The maximum absolute atomic E-state index is 5.36. The van der Waals surface area contributed by atoms with Crippen LogP contribution in [0.2, 0.25) is 0 Å². The highest BCUT2D eigenvalue weighted by Crippen LogP contribution is 2.35. The fourth-order valence-corrected chi connectivity index (χ4v) is 7.30. The molecule has 4 aromatic carbocycles. The van der Waals surface area contributed by atoms with E-state index in [0.29, 0.717) is 0 Å². The third kappa shape index (κ3) is 13.1. The molecule has 0 amide bonds. The third-order valence-electron chi connectivity index (χ3n) is 10.3. The Morgan fingerprint density at radius 3 is 1.59 bits per heavy atom. The van der Waals surface area contributed by atoms with Crippen LogP contribution in [-0.4, -0.2) is 11.4 Å². The standard InChI is InChI=1S/C49H66N2/c1-6-10-13-15-17-21-32-42-36-44(34-35-46(42)40-28-22-19-23-29-40)50-39(5)49(9-4)51-45-37-43(27-12-8-3)47(33-26-18-16-14-11-7-2)48(38-45)41-30-24-20-25-31-41/h19-20,22-25,28-31,34-38H,6-18,21,26-27,32-33H2,1-5H3. The van der Waals surface area contributed by atoms with Crippen molar-refractivity contribution in [2.45, 2.75) is 150 Å². The number of aryl methyl sites for hydroxylation is 2. The lowest BCUT2D eigenvalue weighted by atomic mass is 9.89. The van der Waals surface area contributed by atoms with Gasteiger partial charge in [-0.25, -0.2) is 0 Å². The van der Waals surface area contributed by atoms with Crippen molar-refractivity contribution in [1.29, 1.82) is 0 Å². The van der Waals surface area contributed by atoms with Gasteiger partial charge < -0.3 is 0 Å². The number of hydrogen-bond donors (Lipinski definition) is 0. The lowest BCUT2D eigenvalue weighted by molar-refractivity contribution is 0.606. The third-order valence-corrected chi connectivity index (χ3v) is 10.3. The first-order valence-corrected chi connectivity index (χ1v) is 20.6. The van der Waals surface area contributed by atoms with Crippen molar-refractivity contribution < 1.29 is 0 Å². The van der Waals surface area contributed by atoms with Gasteiger partial charge in [0, 0.05) is 0 Å². The first-order chi connectivity index (χ1) is 25.1. The Balaban J connectivity index is 1.66. The minimum atomic E-state index is 0.840. The topological polar surface area (TPSA) is 24.7 Å². The number of rotatable bonds is 23. The van der Waals surface area contributed by atoms with E-state index in [4.69, 9.17) is 9.98 Å². The summed E-state index contributed by atoms with van der Waals surface area (Å²) in [5, 5.41) is 0. The summed E-state index contributed by atoms with van der Waals surface area (Å²) in [6.07, 6.45) is 22.3. The second-order valence-corrected chi connectivity index (χ2v) is 14.5. The van der Waals surface area contributed by atoms with Gasteiger partial charge in [-0.2, -0.15) is 0 Å². The molecule has 0 atom stereocenters. The highest BCUT2D eigenvalue weighted by atomic mass is 14.8. The van der Waals surface area contributed by atoms with Crippen molar-refractivity contribution >= 4 is 22.8 Å². The minimum absolute atomic E-state index is 0.840. The molecule has 0 aromatic heterocycles. The van der Waals surface area contributed by atoms with Crippen LogP contribution in [0.3, 0.4) is 0 Å². The molecule has 0 bridgehead atoms. The van der Waals surface area contributed by atoms with Gasteiger partial charge in [-0.15, -0.1) is 0 Å². The van der Waals surface area contributed by atoms with E-state index in [9.17, 15) is 0 Å².